The van der Waals surface area contributed by atoms with Crippen LogP contribution < -0.4 is 0 Å². The lowest BCUT2D eigenvalue weighted by Crippen LogP contribution is -2.77. The number of aliphatic hydroxyl groups excluding tert-OH is 1. The van der Waals surface area contributed by atoms with E-state index >= 15 is 0 Å². The van der Waals surface area contributed by atoms with Crippen molar-refractivity contribution in [3.05, 3.63) is 11.1 Å². The molecule has 14 nitrogen and oxygen atoms in total. The van der Waals surface area contributed by atoms with Gasteiger partial charge < -0.3 is 38.3 Å². The summed E-state index contributed by atoms with van der Waals surface area (Å²) in [5.74, 6) is -5.71. The Bertz CT molecular complexity index is 1360. The number of epoxide rings is 1. The molecule has 1 heterocycles. The van der Waals surface area contributed by atoms with Crippen molar-refractivity contribution in [2.24, 2.45) is 16.7 Å². The summed E-state index contributed by atoms with van der Waals surface area (Å²) in [5.41, 5.74) is -5.67. The summed E-state index contributed by atoms with van der Waals surface area (Å²) in [5, 5.41) is 11.6. The van der Waals surface area contributed by atoms with E-state index in [9.17, 15) is 33.9 Å². The Morgan fingerprint density at radius 1 is 0.739 bits per heavy atom. The molecular weight excluding hydrogens is 608 g/mol. The molecule has 1 aliphatic heterocycles. The molecule has 0 aromatic carbocycles. The summed E-state index contributed by atoms with van der Waals surface area (Å²) >= 11 is 0. The first-order valence-corrected chi connectivity index (χ1v) is 15.2. The highest BCUT2D eigenvalue weighted by Gasteiger charge is 2.80. The monoisotopic (exact) mass is 652 g/mol. The smallest absolute Gasteiger partial charge is 0.303 e. The van der Waals surface area contributed by atoms with Gasteiger partial charge in [-0.15, -0.1) is 0 Å². The van der Waals surface area contributed by atoms with Crippen molar-refractivity contribution in [1.29, 1.82) is 0 Å². The number of esters is 6. The Morgan fingerprint density at radius 2 is 1.24 bits per heavy atom. The van der Waals surface area contributed by atoms with E-state index in [1.54, 1.807) is 27.7 Å². The first-order chi connectivity index (χ1) is 21.1. The normalized spacial score (nSPS) is 39.1. The van der Waals surface area contributed by atoms with Gasteiger partial charge in [0.1, 0.15) is 23.9 Å². The average Bonchev–Trinajstić information content (AvgIpc) is 3.67. The molecule has 1 spiro atoms. The molecule has 0 radical (unpaired) electrons. The Balaban J connectivity index is 2.26. The Kier molecular flexibility index (Phi) is 9.16. The summed E-state index contributed by atoms with van der Waals surface area (Å²) in [6.07, 6.45) is -8.36. The Labute approximate surface area is 267 Å². The van der Waals surface area contributed by atoms with Crippen LogP contribution in [-0.4, -0.2) is 95.4 Å². The lowest BCUT2D eigenvalue weighted by molar-refractivity contribution is -0.287. The van der Waals surface area contributed by atoms with Crippen LogP contribution in [0.1, 0.15) is 82.1 Å². The van der Waals surface area contributed by atoms with Gasteiger partial charge in [-0.1, -0.05) is 20.8 Å². The molecule has 2 bridgehead atoms. The number of hydrogen-bond donors (Lipinski definition) is 1. The van der Waals surface area contributed by atoms with Gasteiger partial charge in [0.05, 0.1) is 18.1 Å². The highest BCUT2D eigenvalue weighted by molar-refractivity contribution is 5.71. The average molecular weight is 653 g/mol. The molecule has 3 fully saturated rings. The molecule has 0 aromatic heterocycles. The van der Waals surface area contributed by atoms with Crippen molar-refractivity contribution in [2.45, 2.75) is 130 Å². The maximum atomic E-state index is 13.1. The van der Waals surface area contributed by atoms with Crippen LogP contribution in [0.25, 0.3) is 0 Å². The number of rotatable bonds is 6. The van der Waals surface area contributed by atoms with E-state index in [2.05, 4.69) is 0 Å². The van der Waals surface area contributed by atoms with Crippen LogP contribution in [0, 0.1) is 16.7 Å². The van der Waals surface area contributed by atoms with Gasteiger partial charge in [-0.05, 0) is 18.1 Å². The van der Waals surface area contributed by atoms with Crippen LogP contribution in [0.3, 0.4) is 0 Å². The minimum absolute atomic E-state index is 0.0460. The molecule has 1 N–H and O–H groups in total. The molecule has 4 rings (SSSR count). The number of fused-ring (bicyclic) bond motifs is 4. The summed E-state index contributed by atoms with van der Waals surface area (Å²) < 4.78 is 42.1. The van der Waals surface area contributed by atoms with Crippen LogP contribution in [0.5, 0.6) is 0 Å². The highest BCUT2D eigenvalue weighted by Crippen LogP contribution is 2.67. The molecule has 0 unspecified atom stereocenters. The predicted molar refractivity (Wildman–Crippen MR) is 154 cm³/mol. The first kappa shape index (κ1) is 35.3. The van der Waals surface area contributed by atoms with E-state index in [-0.39, 0.29) is 25.0 Å². The van der Waals surface area contributed by atoms with Crippen LogP contribution >= 0.6 is 0 Å². The fourth-order valence-corrected chi connectivity index (χ4v) is 8.56. The van der Waals surface area contributed by atoms with Gasteiger partial charge in [0.25, 0.3) is 0 Å². The van der Waals surface area contributed by atoms with Gasteiger partial charge in [-0.3, -0.25) is 28.8 Å². The predicted octanol–water partition coefficient (Wildman–Crippen LogP) is 1.86. The number of carbonyl (C=O) groups excluding carboxylic acids is 6. The second-order valence-corrected chi connectivity index (χ2v) is 13.5. The number of carbonyl (C=O) groups is 6. The van der Waals surface area contributed by atoms with Crippen molar-refractivity contribution in [2.75, 3.05) is 6.61 Å². The van der Waals surface area contributed by atoms with Crippen molar-refractivity contribution in [1.82, 2.24) is 0 Å². The highest BCUT2D eigenvalue weighted by atomic mass is 16.6. The molecule has 14 heteroatoms. The summed E-state index contributed by atoms with van der Waals surface area (Å²) in [4.78, 5) is 77.0. The largest absolute Gasteiger partial charge is 0.462 e. The van der Waals surface area contributed by atoms with Gasteiger partial charge in [0, 0.05) is 65.7 Å². The lowest BCUT2D eigenvalue weighted by atomic mass is 9.45. The van der Waals surface area contributed by atoms with E-state index in [4.69, 9.17) is 33.2 Å². The minimum Gasteiger partial charge on any atom is -0.462 e. The fraction of sp³-hybridized carbons (Fsp3) is 0.750. The van der Waals surface area contributed by atoms with E-state index < -0.39 is 100 Å². The molecule has 4 aliphatic rings. The van der Waals surface area contributed by atoms with Gasteiger partial charge in [-0.25, -0.2) is 0 Å². The minimum atomic E-state index is -1.87. The summed E-state index contributed by atoms with van der Waals surface area (Å²) in [7, 11) is 0. The van der Waals surface area contributed by atoms with Crippen LogP contribution in [0.2, 0.25) is 0 Å². The summed E-state index contributed by atoms with van der Waals surface area (Å²) in [6.45, 7) is 13.7. The zero-order chi connectivity index (χ0) is 34.7. The van der Waals surface area contributed by atoms with Crippen LogP contribution in [0.15, 0.2) is 11.1 Å². The number of ether oxygens (including phenoxy) is 7. The number of hydrogen-bond acceptors (Lipinski definition) is 14. The van der Waals surface area contributed by atoms with Crippen molar-refractivity contribution < 1.29 is 67.0 Å². The van der Waals surface area contributed by atoms with E-state index in [0.29, 0.717) is 5.57 Å². The maximum Gasteiger partial charge on any atom is 0.303 e. The third kappa shape index (κ3) is 5.56. The molecule has 2 saturated carbocycles. The molecule has 256 valence electrons. The van der Waals surface area contributed by atoms with E-state index in [1.807, 2.05) is 0 Å². The van der Waals surface area contributed by atoms with Gasteiger partial charge in [0.15, 0.2) is 17.8 Å². The first-order valence-electron chi connectivity index (χ1n) is 15.2. The molecule has 46 heavy (non-hydrogen) atoms. The molecule has 1 saturated heterocycles. The number of aliphatic hydroxyl groups is 1. The molecule has 3 aliphatic carbocycles. The SMILES string of the molecule is CC(=O)O[C@H]1C[C@@]2(OC(C)=O)[C@@H](OC(C)=O)[C@@H]3[C@]4(CO4)[C@@H](O)C[C@H](OC(C)=O)[C@@]3(C)[C@@H](OC(C)=O)[C@H](OC(C)=O)C(=C1C)C2(C)C. The van der Waals surface area contributed by atoms with Crippen molar-refractivity contribution >= 4 is 35.8 Å². The molecule has 0 aromatic rings. The quantitative estimate of drug-likeness (QED) is 0.189. The summed E-state index contributed by atoms with van der Waals surface area (Å²) in [6, 6.07) is 0. The van der Waals surface area contributed by atoms with Gasteiger partial charge in [0.2, 0.25) is 0 Å². The van der Waals surface area contributed by atoms with Gasteiger partial charge in [-0.2, -0.15) is 0 Å². The van der Waals surface area contributed by atoms with Gasteiger partial charge >= 0.3 is 35.8 Å². The van der Waals surface area contributed by atoms with E-state index in [0.717, 1.165) is 13.8 Å². The van der Waals surface area contributed by atoms with Crippen molar-refractivity contribution in [3.63, 3.8) is 0 Å². The fourth-order valence-electron chi connectivity index (χ4n) is 8.56. The maximum absolute atomic E-state index is 13.1. The van der Waals surface area contributed by atoms with E-state index in [1.165, 1.54) is 27.7 Å². The third-order valence-electron chi connectivity index (χ3n) is 10.3. The third-order valence-corrected chi connectivity index (χ3v) is 10.3. The molecule has 0 amide bonds. The zero-order valence-corrected chi connectivity index (χ0v) is 27.9. The Morgan fingerprint density at radius 3 is 1.70 bits per heavy atom. The molecular formula is C32H44O14. The molecule has 10 atom stereocenters. The van der Waals surface area contributed by atoms with Crippen LogP contribution in [0.4, 0.5) is 0 Å². The van der Waals surface area contributed by atoms with Crippen molar-refractivity contribution in [3.8, 4) is 0 Å². The second kappa shape index (κ2) is 11.9. The second-order valence-electron chi connectivity index (χ2n) is 13.5. The standard InChI is InChI=1S/C32H44O14/c1-14-21(41-15(2)33)12-32(46-20(7)38)28(45-19(6)37)26-30(10,23(42-16(3)34)11-22(39)31(26)13-40-31)27(44-18(5)36)25(43-17(4)35)24(14)29(32,8)9/h21-23,25-28,39H,11-13H2,1-10H3/t21-,22-,23-,25+,26-,27-,28-,30+,31-,32+/m0/s1. The Hall–Kier alpha value is -3.52. The van der Waals surface area contributed by atoms with Crippen LogP contribution in [-0.2, 0) is 61.9 Å². The topological polar surface area (TPSA) is 191 Å². The lowest BCUT2D eigenvalue weighted by Gasteiger charge is -2.65. The zero-order valence-electron chi connectivity index (χ0n) is 27.9.